The molecule has 1 fully saturated rings. The van der Waals surface area contributed by atoms with Gasteiger partial charge in [0.05, 0.1) is 0 Å². The van der Waals surface area contributed by atoms with Gasteiger partial charge in [0.25, 0.3) is 0 Å². The lowest BCUT2D eigenvalue weighted by atomic mass is 9.73. The molecule has 0 bridgehead atoms. The van der Waals surface area contributed by atoms with Crippen LogP contribution in [0.5, 0.6) is 0 Å². The van der Waals surface area contributed by atoms with Crippen molar-refractivity contribution in [2.24, 2.45) is 11.7 Å². The first-order chi connectivity index (χ1) is 9.31. The first-order valence-electron chi connectivity index (χ1n) is 8.11. The highest BCUT2D eigenvalue weighted by atomic mass is 14.7. The number of nitrogens with two attached hydrogens (primary N) is 1. The van der Waals surface area contributed by atoms with E-state index in [2.05, 4.69) is 37.3 Å². The minimum Gasteiger partial charge on any atom is -0.327 e. The Bertz CT molecular complexity index is 346. The summed E-state index contributed by atoms with van der Waals surface area (Å²) in [6, 6.07) is 11.5. The first kappa shape index (κ1) is 14.6. The van der Waals surface area contributed by atoms with Crippen molar-refractivity contribution >= 4 is 0 Å². The smallest absolute Gasteiger partial charge is 0.00675 e. The SMILES string of the molecule is CCCCCCC1CC(c2ccccc2)CCC1N. The molecule has 0 spiro atoms. The van der Waals surface area contributed by atoms with Crippen molar-refractivity contribution in [1.29, 1.82) is 0 Å². The van der Waals surface area contributed by atoms with Gasteiger partial charge in [-0.05, 0) is 43.1 Å². The largest absolute Gasteiger partial charge is 0.327 e. The summed E-state index contributed by atoms with van der Waals surface area (Å²) in [7, 11) is 0. The monoisotopic (exact) mass is 259 g/mol. The van der Waals surface area contributed by atoms with Crippen LogP contribution in [0.15, 0.2) is 30.3 Å². The van der Waals surface area contributed by atoms with Gasteiger partial charge in [0.15, 0.2) is 0 Å². The fourth-order valence-electron chi connectivity index (χ4n) is 3.48. The molecule has 0 saturated heterocycles. The average molecular weight is 259 g/mol. The van der Waals surface area contributed by atoms with Crippen LogP contribution >= 0.6 is 0 Å². The molecule has 1 aromatic rings. The predicted molar refractivity (Wildman–Crippen MR) is 83.3 cm³/mol. The van der Waals surface area contributed by atoms with Crippen LogP contribution in [0.3, 0.4) is 0 Å². The summed E-state index contributed by atoms with van der Waals surface area (Å²) in [5.41, 5.74) is 7.86. The third-order valence-corrected chi connectivity index (χ3v) is 4.74. The Kier molecular flexibility index (Phi) is 5.91. The quantitative estimate of drug-likeness (QED) is 0.725. The van der Waals surface area contributed by atoms with E-state index >= 15 is 0 Å². The Balaban J connectivity index is 1.85. The van der Waals surface area contributed by atoms with Gasteiger partial charge in [0.2, 0.25) is 0 Å². The maximum atomic E-state index is 6.33. The van der Waals surface area contributed by atoms with Crippen molar-refractivity contribution in [1.82, 2.24) is 0 Å². The maximum Gasteiger partial charge on any atom is 0.00675 e. The number of hydrogen-bond donors (Lipinski definition) is 1. The van der Waals surface area contributed by atoms with Crippen LogP contribution in [0.1, 0.15) is 69.8 Å². The van der Waals surface area contributed by atoms with Gasteiger partial charge in [0, 0.05) is 6.04 Å². The Labute approximate surface area is 118 Å². The molecular weight excluding hydrogens is 230 g/mol. The van der Waals surface area contributed by atoms with E-state index in [4.69, 9.17) is 5.73 Å². The molecule has 1 aliphatic rings. The fraction of sp³-hybridized carbons (Fsp3) is 0.667. The zero-order valence-corrected chi connectivity index (χ0v) is 12.4. The molecular formula is C18H29N. The summed E-state index contributed by atoms with van der Waals surface area (Å²) >= 11 is 0. The predicted octanol–water partition coefficient (Wildman–Crippen LogP) is 4.87. The van der Waals surface area contributed by atoms with Crippen molar-refractivity contribution in [3.63, 3.8) is 0 Å². The molecule has 1 heteroatoms. The van der Waals surface area contributed by atoms with Crippen LogP contribution in [-0.4, -0.2) is 6.04 Å². The van der Waals surface area contributed by atoms with Crippen LogP contribution in [0.25, 0.3) is 0 Å². The summed E-state index contributed by atoms with van der Waals surface area (Å²) in [5, 5.41) is 0. The van der Waals surface area contributed by atoms with Gasteiger partial charge >= 0.3 is 0 Å². The van der Waals surface area contributed by atoms with E-state index in [1.165, 1.54) is 56.9 Å². The molecule has 3 unspecified atom stereocenters. The van der Waals surface area contributed by atoms with Crippen molar-refractivity contribution in [2.75, 3.05) is 0 Å². The molecule has 1 nitrogen and oxygen atoms in total. The van der Waals surface area contributed by atoms with Crippen molar-refractivity contribution in [2.45, 2.75) is 70.3 Å². The molecule has 106 valence electrons. The summed E-state index contributed by atoms with van der Waals surface area (Å²) in [5.74, 6) is 1.49. The summed E-state index contributed by atoms with van der Waals surface area (Å²) < 4.78 is 0. The second-order valence-corrected chi connectivity index (χ2v) is 6.19. The third-order valence-electron chi connectivity index (χ3n) is 4.74. The van der Waals surface area contributed by atoms with Crippen LogP contribution in [0.2, 0.25) is 0 Å². The summed E-state index contributed by atoms with van der Waals surface area (Å²) in [6.45, 7) is 2.28. The minimum absolute atomic E-state index is 0.446. The Morgan fingerprint density at radius 1 is 1.05 bits per heavy atom. The van der Waals surface area contributed by atoms with Gasteiger partial charge in [-0.15, -0.1) is 0 Å². The zero-order valence-electron chi connectivity index (χ0n) is 12.4. The number of rotatable bonds is 6. The van der Waals surface area contributed by atoms with Gasteiger partial charge in [-0.1, -0.05) is 62.9 Å². The molecule has 1 aromatic carbocycles. The molecule has 0 aliphatic heterocycles. The highest BCUT2D eigenvalue weighted by Crippen LogP contribution is 2.37. The summed E-state index contributed by atoms with van der Waals surface area (Å²) in [4.78, 5) is 0. The van der Waals surface area contributed by atoms with E-state index in [0.717, 1.165) is 11.8 Å². The molecule has 2 N–H and O–H groups in total. The van der Waals surface area contributed by atoms with Gasteiger partial charge < -0.3 is 5.73 Å². The van der Waals surface area contributed by atoms with Crippen LogP contribution in [0.4, 0.5) is 0 Å². The number of hydrogen-bond acceptors (Lipinski definition) is 1. The van der Waals surface area contributed by atoms with Gasteiger partial charge in [-0.2, -0.15) is 0 Å². The van der Waals surface area contributed by atoms with Crippen LogP contribution < -0.4 is 5.73 Å². The molecule has 0 heterocycles. The maximum absolute atomic E-state index is 6.33. The highest BCUT2D eigenvalue weighted by molar-refractivity contribution is 5.20. The molecule has 0 amide bonds. The molecule has 0 aromatic heterocycles. The van der Waals surface area contributed by atoms with Crippen LogP contribution in [-0.2, 0) is 0 Å². The third kappa shape index (κ3) is 4.35. The molecule has 3 atom stereocenters. The molecule has 1 aliphatic carbocycles. The number of unbranched alkanes of at least 4 members (excludes halogenated alkanes) is 3. The molecule has 2 rings (SSSR count). The lowest BCUT2D eigenvalue weighted by Gasteiger charge is -2.34. The van der Waals surface area contributed by atoms with Crippen molar-refractivity contribution in [3.8, 4) is 0 Å². The molecule has 0 radical (unpaired) electrons. The second kappa shape index (κ2) is 7.69. The Hall–Kier alpha value is -0.820. The lowest BCUT2D eigenvalue weighted by Crippen LogP contribution is -2.35. The van der Waals surface area contributed by atoms with Gasteiger partial charge in [0.1, 0.15) is 0 Å². The topological polar surface area (TPSA) is 26.0 Å². The van der Waals surface area contributed by atoms with Gasteiger partial charge in [-0.3, -0.25) is 0 Å². The molecule has 19 heavy (non-hydrogen) atoms. The Morgan fingerprint density at radius 3 is 2.58 bits per heavy atom. The minimum atomic E-state index is 0.446. The first-order valence-corrected chi connectivity index (χ1v) is 8.11. The van der Waals surface area contributed by atoms with E-state index in [1.54, 1.807) is 0 Å². The highest BCUT2D eigenvalue weighted by Gasteiger charge is 2.28. The van der Waals surface area contributed by atoms with E-state index in [9.17, 15) is 0 Å². The van der Waals surface area contributed by atoms with Crippen LogP contribution in [0, 0.1) is 5.92 Å². The van der Waals surface area contributed by atoms with E-state index in [0.29, 0.717) is 6.04 Å². The Morgan fingerprint density at radius 2 is 1.84 bits per heavy atom. The standard InChI is InChI=1S/C18H29N/c1-2-3-4-6-11-17-14-16(12-13-18(17)19)15-9-7-5-8-10-15/h5,7-10,16-18H,2-4,6,11-14,19H2,1H3. The fourth-order valence-corrected chi connectivity index (χ4v) is 3.48. The second-order valence-electron chi connectivity index (χ2n) is 6.19. The van der Waals surface area contributed by atoms with Crippen molar-refractivity contribution in [3.05, 3.63) is 35.9 Å². The van der Waals surface area contributed by atoms with Crippen molar-refractivity contribution < 1.29 is 0 Å². The van der Waals surface area contributed by atoms with Gasteiger partial charge in [-0.25, -0.2) is 0 Å². The van der Waals surface area contributed by atoms with E-state index in [-0.39, 0.29) is 0 Å². The average Bonchev–Trinajstić information content (AvgIpc) is 2.46. The summed E-state index contributed by atoms with van der Waals surface area (Å²) in [6.07, 6.45) is 10.6. The number of benzene rings is 1. The van der Waals surface area contributed by atoms with E-state index < -0.39 is 0 Å². The lowest BCUT2D eigenvalue weighted by molar-refractivity contribution is 0.258. The molecule has 1 saturated carbocycles. The normalized spacial score (nSPS) is 27.4. The van der Waals surface area contributed by atoms with E-state index in [1.807, 2.05) is 0 Å². The zero-order chi connectivity index (χ0) is 13.5.